The summed E-state index contributed by atoms with van der Waals surface area (Å²) >= 11 is 0. The van der Waals surface area contributed by atoms with Crippen molar-refractivity contribution >= 4 is 23.4 Å². The number of carbonyl (C=O) groups excluding carboxylic acids is 1. The Morgan fingerprint density at radius 1 is 1.45 bits per heavy atom. The summed E-state index contributed by atoms with van der Waals surface area (Å²) in [5, 5.41) is 13.2. The van der Waals surface area contributed by atoms with Crippen LogP contribution in [0.4, 0.5) is 20.7 Å². The van der Waals surface area contributed by atoms with E-state index in [1.807, 2.05) is 6.07 Å². The molecule has 3 rings (SSSR count). The quantitative estimate of drug-likeness (QED) is 0.455. The van der Waals surface area contributed by atoms with Crippen molar-refractivity contribution in [2.45, 2.75) is 25.4 Å². The summed E-state index contributed by atoms with van der Waals surface area (Å²) in [6.07, 6.45) is 3.15. The number of amides is 2. The molecule has 1 aromatic heterocycles. The van der Waals surface area contributed by atoms with Gasteiger partial charge >= 0.3 is 6.03 Å². The molecule has 0 aliphatic carbocycles. The van der Waals surface area contributed by atoms with Crippen molar-refractivity contribution < 1.29 is 13.9 Å². The minimum absolute atomic E-state index is 0.0474. The second-order valence-corrected chi connectivity index (χ2v) is 6.95. The van der Waals surface area contributed by atoms with Crippen LogP contribution in [0.15, 0.2) is 36.5 Å². The van der Waals surface area contributed by atoms with E-state index >= 15 is 0 Å². The Hall–Kier alpha value is -3.20. The number of nitrogens with zero attached hydrogens (tertiary/aromatic N) is 2. The molecular formula is C20H25FN6O2. The van der Waals surface area contributed by atoms with Gasteiger partial charge in [-0.15, -0.1) is 0 Å². The number of aromatic nitrogens is 1. The third-order valence-corrected chi connectivity index (χ3v) is 4.82. The summed E-state index contributed by atoms with van der Waals surface area (Å²) in [6.45, 7) is 2.01. The highest BCUT2D eigenvalue weighted by atomic mass is 19.1. The number of halogens is 1. The lowest BCUT2D eigenvalue weighted by atomic mass is 10.0. The van der Waals surface area contributed by atoms with Crippen LogP contribution in [0.3, 0.4) is 0 Å². The summed E-state index contributed by atoms with van der Waals surface area (Å²) < 4.78 is 18.7. The van der Waals surface area contributed by atoms with Crippen LogP contribution in [0.1, 0.15) is 24.0 Å². The number of pyridine rings is 1. The molecule has 1 fully saturated rings. The van der Waals surface area contributed by atoms with Gasteiger partial charge < -0.3 is 15.8 Å². The van der Waals surface area contributed by atoms with Gasteiger partial charge in [-0.25, -0.2) is 14.2 Å². The van der Waals surface area contributed by atoms with Crippen molar-refractivity contribution in [1.82, 2.24) is 15.2 Å². The first-order valence-corrected chi connectivity index (χ1v) is 9.38. The first kappa shape index (κ1) is 20.5. The predicted octanol–water partition coefficient (Wildman–Crippen LogP) is 2.56. The van der Waals surface area contributed by atoms with Crippen molar-refractivity contribution in [2.75, 3.05) is 31.2 Å². The molecule has 0 bridgehead atoms. The highest BCUT2D eigenvalue weighted by Crippen LogP contribution is 2.17. The number of hydrogen-bond donors (Lipinski definition) is 4. The summed E-state index contributed by atoms with van der Waals surface area (Å²) in [5.74, 6) is -0.0242. The fraction of sp³-hybridized carbons (Fsp3) is 0.350. The number of anilines is 2. The fourth-order valence-electron chi connectivity index (χ4n) is 3.36. The summed E-state index contributed by atoms with van der Waals surface area (Å²) in [5.41, 5.74) is 7.19. The average Bonchev–Trinajstić information content (AvgIpc) is 2.69. The largest absolute Gasteiger partial charge is 0.481 e. The van der Waals surface area contributed by atoms with E-state index in [4.69, 9.17) is 15.9 Å². The van der Waals surface area contributed by atoms with E-state index in [1.165, 1.54) is 25.4 Å². The summed E-state index contributed by atoms with van der Waals surface area (Å²) in [4.78, 5) is 18.6. The van der Waals surface area contributed by atoms with Gasteiger partial charge in [0.15, 0.2) is 0 Å². The molecule has 8 nitrogen and oxygen atoms in total. The van der Waals surface area contributed by atoms with Gasteiger partial charge in [-0.05, 0) is 25.5 Å². The number of piperidine rings is 1. The van der Waals surface area contributed by atoms with E-state index in [0.29, 0.717) is 24.2 Å². The van der Waals surface area contributed by atoms with Gasteiger partial charge in [-0.3, -0.25) is 15.6 Å². The number of likely N-dealkylation sites (tertiary alicyclic amines) is 1. The molecular weight excluding hydrogens is 375 g/mol. The monoisotopic (exact) mass is 400 g/mol. The van der Waals surface area contributed by atoms with Gasteiger partial charge in [0.25, 0.3) is 0 Å². The molecule has 0 radical (unpaired) electrons. The van der Waals surface area contributed by atoms with Gasteiger partial charge in [-0.2, -0.15) is 0 Å². The number of ether oxygens (including phenoxy) is 1. The van der Waals surface area contributed by atoms with E-state index in [1.54, 1.807) is 12.1 Å². The van der Waals surface area contributed by atoms with Crippen LogP contribution in [0.2, 0.25) is 0 Å². The number of nitrogen functional groups attached to an aromatic ring is 1. The van der Waals surface area contributed by atoms with Gasteiger partial charge in [0, 0.05) is 42.6 Å². The minimum atomic E-state index is -0.385. The van der Waals surface area contributed by atoms with E-state index in [2.05, 4.69) is 20.5 Å². The molecule has 1 aromatic carbocycles. The molecule has 1 saturated heterocycles. The number of nitrogens with two attached hydrogens (primary N) is 1. The molecule has 2 aromatic rings. The zero-order valence-electron chi connectivity index (χ0n) is 16.2. The van der Waals surface area contributed by atoms with Gasteiger partial charge in [-0.1, -0.05) is 18.2 Å². The predicted molar refractivity (Wildman–Crippen MR) is 109 cm³/mol. The number of methoxy groups -OCH3 is 1. The Morgan fingerprint density at radius 3 is 2.97 bits per heavy atom. The molecule has 154 valence electrons. The number of carbonyl (C=O) groups is 1. The molecule has 2 heterocycles. The third kappa shape index (κ3) is 5.41. The lowest BCUT2D eigenvalue weighted by Gasteiger charge is -2.33. The number of rotatable bonds is 5. The molecule has 5 N–H and O–H groups in total. The summed E-state index contributed by atoms with van der Waals surface area (Å²) in [7, 11) is 1.38. The van der Waals surface area contributed by atoms with Crippen LogP contribution >= 0.6 is 0 Å². The minimum Gasteiger partial charge on any atom is -0.481 e. The topological polar surface area (TPSA) is 116 Å². The van der Waals surface area contributed by atoms with Crippen LogP contribution in [-0.2, 0) is 11.3 Å². The Labute approximate surface area is 168 Å². The first-order valence-electron chi connectivity index (χ1n) is 9.38. The smallest absolute Gasteiger partial charge is 0.320 e. The fourth-order valence-corrected chi connectivity index (χ4v) is 3.36. The molecule has 29 heavy (non-hydrogen) atoms. The zero-order valence-corrected chi connectivity index (χ0v) is 16.2. The first-order chi connectivity index (χ1) is 14.0. The Bertz CT molecular complexity index is 891. The van der Waals surface area contributed by atoms with Crippen LogP contribution in [0, 0.1) is 11.2 Å². The molecule has 1 atom stereocenters. The van der Waals surface area contributed by atoms with Crippen molar-refractivity contribution in [3.63, 3.8) is 0 Å². The lowest BCUT2D eigenvalue weighted by Crippen LogP contribution is -2.48. The summed E-state index contributed by atoms with van der Waals surface area (Å²) in [6, 6.07) is 7.79. The number of urea groups is 1. The van der Waals surface area contributed by atoms with Crippen molar-refractivity contribution in [2.24, 2.45) is 0 Å². The van der Waals surface area contributed by atoms with Crippen molar-refractivity contribution in [3.8, 4) is 0 Å². The zero-order chi connectivity index (χ0) is 20.8. The number of hydrogen-bond acceptors (Lipinski definition) is 6. The van der Waals surface area contributed by atoms with Crippen LogP contribution in [0.25, 0.3) is 0 Å². The maximum absolute atomic E-state index is 13.9. The second-order valence-electron chi connectivity index (χ2n) is 6.95. The van der Waals surface area contributed by atoms with Crippen LogP contribution in [0.5, 0.6) is 0 Å². The molecule has 0 saturated carbocycles. The SMILES string of the molecule is COC(=N)c1cnc(NC(=O)N[C@@H]2CCCN(Cc3ccccc3F)C2)cc1N. The van der Waals surface area contributed by atoms with Gasteiger partial charge in [0.2, 0.25) is 5.90 Å². The Balaban J connectivity index is 1.54. The van der Waals surface area contributed by atoms with Gasteiger partial charge in [0.1, 0.15) is 11.6 Å². The normalized spacial score (nSPS) is 16.8. The van der Waals surface area contributed by atoms with E-state index < -0.39 is 0 Å². The standard InChI is InChI=1S/C20H25FN6O2/c1-29-19(23)15-10-24-18(9-17(15)22)26-20(28)25-14-6-4-8-27(12-14)11-13-5-2-3-7-16(13)21/h2-3,5,7,9-10,14,23H,4,6,8,11-12H2,1H3,(H4,22,24,25,26,28)/t14-/m1/s1. The molecule has 0 unspecified atom stereocenters. The van der Waals surface area contributed by atoms with E-state index in [0.717, 1.165) is 19.4 Å². The van der Waals surface area contributed by atoms with Crippen molar-refractivity contribution in [1.29, 1.82) is 5.41 Å². The number of nitrogens with one attached hydrogen (secondary N) is 3. The van der Waals surface area contributed by atoms with Crippen LogP contribution < -0.4 is 16.4 Å². The van der Waals surface area contributed by atoms with E-state index in [9.17, 15) is 9.18 Å². The van der Waals surface area contributed by atoms with Crippen molar-refractivity contribution in [3.05, 3.63) is 53.5 Å². The maximum Gasteiger partial charge on any atom is 0.320 e. The highest BCUT2D eigenvalue weighted by Gasteiger charge is 2.22. The second kappa shape index (κ2) is 9.33. The highest BCUT2D eigenvalue weighted by molar-refractivity contribution is 5.97. The molecule has 0 spiro atoms. The van der Waals surface area contributed by atoms with E-state index in [-0.39, 0.29) is 35.3 Å². The average molecular weight is 400 g/mol. The third-order valence-electron chi connectivity index (χ3n) is 4.82. The Kier molecular flexibility index (Phi) is 6.61. The molecule has 1 aliphatic rings. The molecule has 2 amide bonds. The molecule has 1 aliphatic heterocycles. The number of benzene rings is 1. The van der Waals surface area contributed by atoms with Gasteiger partial charge in [0.05, 0.1) is 12.7 Å². The van der Waals surface area contributed by atoms with Crippen LogP contribution in [-0.4, -0.2) is 48.1 Å². The Morgan fingerprint density at radius 2 is 2.24 bits per heavy atom. The molecule has 9 heteroatoms. The lowest BCUT2D eigenvalue weighted by molar-refractivity contribution is 0.181. The maximum atomic E-state index is 13.9.